The number of hydrogen-bond acceptors (Lipinski definition) is 3. The Morgan fingerprint density at radius 3 is 2.48 bits per heavy atom. The van der Waals surface area contributed by atoms with E-state index in [1.54, 1.807) is 17.0 Å². The second kappa shape index (κ2) is 8.02. The molecule has 1 aliphatic rings. The SMILES string of the molecule is CC(C)(C)C(=O)Nc1ccc(-c2cc3c(o2)CCN(C(=O)c2cccc(F)c2)C3)cc1. The van der Waals surface area contributed by atoms with Gasteiger partial charge in [0.15, 0.2) is 0 Å². The maximum absolute atomic E-state index is 13.5. The first kappa shape index (κ1) is 20.8. The standard InChI is InChI=1S/C25H25FN2O3/c1-25(2,3)24(30)27-20-9-7-16(8-10-20)22-14-18-15-28(12-11-21(18)31-22)23(29)17-5-4-6-19(26)13-17/h4-10,13-14H,11-12,15H2,1-3H3,(H,27,30). The van der Waals surface area contributed by atoms with Crippen LogP contribution in [0.15, 0.2) is 59.0 Å². The molecule has 0 radical (unpaired) electrons. The summed E-state index contributed by atoms with van der Waals surface area (Å²) < 4.78 is 19.5. The summed E-state index contributed by atoms with van der Waals surface area (Å²) in [4.78, 5) is 26.6. The van der Waals surface area contributed by atoms with Crippen LogP contribution in [0, 0.1) is 11.2 Å². The number of carbonyl (C=O) groups is 2. The van der Waals surface area contributed by atoms with Gasteiger partial charge in [0.2, 0.25) is 5.91 Å². The van der Waals surface area contributed by atoms with Crippen molar-refractivity contribution < 1.29 is 18.4 Å². The molecule has 1 N–H and O–H groups in total. The Kier molecular flexibility index (Phi) is 5.39. The minimum atomic E-state index is -0.465. The number of carbonyl (C=O) groups excluding carboxylic acids is 2. The van der Waals surface area contributed by atoms with E-state index in [0.717, 1.165) is 28.3 Å². The van der Waals surface area contributed by atoms with Crippen molar-refractivity contribution in [2.45, 2.75) is 33.7 Å². The van der Waals surface area contributed by atoms with Gasteiger partial charge in [-0.3, -0.25) is 9.59 Å². The van der Waals surface area contributed by atoms with Crippen molar-refractivity contribution in [3.05, 3.63) is 77.3 Å². The van der Waals surface area contributed by atoms with E-state index in [1.807, 2.05) is 51.1 Å². The second-order valence-corrected chi connectivity index (χ2v) is 8.83. The predicted molar refractivity (Wildman–Crippen MR) is 117 cm³/mol. The van der Waals surface area contributed by atoms with E-state index in [4.69, 9.17) is 4.42 Å². The molecule has 0 saturated heterocycles. The van der Waals surface area contributed by atoms with Crippen LogP contribution in [0.2, 0.25) is 0 Å². The summed E-state index contributed by atoms with van der Waals surface area (Å²) >= 11 is 0. The highest BCUT2D eigenvalue weighted by atomic mass is 19.1. The van der Waals surface area contributed by atoms with Gasteiger partial charge in [-0.25, -0.2) is 4.39 Å². The van der Waals surface area contributed by atoms with Crippen LogP contribution in [0.25, 0.3) is 11.3 Å². The number of halogens is 1. The summed E-state index contributed by atoms with van der Waals surface area (Å²) in [5.74, 6) is 0.932. The number of fused-ring (bicyclic) bond motifs is 1. The van der Waals surface area contributed by atoms with Crippen LogP contribution in [-0.2, 0) is 17.8 Å². The van der Waals surface area contributed by atoms with Crippen LogP contribution in [0.4, 0.5) is 10.1 Å². The zero-order valence-electron chi connectivity index (χ0n) is 17.9. The van der Waals surface area contributed by atoms with E-state index < -0.39 is 11.2 Å². The third-order valence-corrected chi connectivity index (χ3v) is 5.33. The molecular weight excluding hydrogens is 395 g/mol. The fourth-order valence-corrected chi connectivity index (χ4v) is 3.49. The van der Waals surface area contributed by atoms with E-state index in [9.17, 15) is 14.0 Å². The zero-order valence-corrected chi connectivity index (χ0v) is 17.9. The molecule has 3 aromatic rings. The first-order valence-corrected chi connectivity index (χ1v) is 10.3. The number of anilines is 1. The molecule has 160 valence electrons. The Morgan fingerprint density at radius 1 is 1.06 bits per heavy atom. The van der Waals surface area contributed by atoms with Crippen LogP contribution in [0.5, 0.6) is 0 Å². The molecule has 0 bridgehead atoms. The van der Waals surface area contributed by atoms with Crippen LogP contribution in [-0.4, -0.2) is 23.3 Å². The van der Waals surface area contributed by atoms with Gasteiger partial charge in [-0.05, 0) is 48.5 Å². The first-order valence-electron chi connectivity index (χ1n) is 10.3. The molecule has 0 atom stereocenters. The number of furan rings is 1. The molecule has 0 fully saturated rings. The van der Waals surface area contributed by atoms with Crippen molar-refractivity contribution in [1.82, 2.24) is 4.90 Å². The molecule has 0 aliphatic carbocycles. The molecule has 4 rings (SSSR count). The zero-order chi connectivity index (χ0) is 22.2. The lowest BCUT2D eigenvalue weighted by Crippen LogP contribution is -2.35. The number of rotatable bonds is 3. The molecule has 1 aliphatic heterocycles. The minimum Gasteiger partial charge on any atom is -0.461 e. The lowest BCUT2D eigenvalue weighted by atomic mass is 9.95. The van der Waals surface area contributed by atoms with Gasteiger partial charge in [0.05, 0.1) is 0 Å². The Morgan fingerprint density at radius 2 is 1.81 bits per heavy atom. The van der Waals surface area contributed by atoms with Crippen LogP contribution in [0.3, 0.4) is 0 Å². The number of hydrogen-bond donors (Lipinski definition) is 1. The van der Waals surface area contributed by atoms with Gasteiger partial charge >= 0.3 is 0 Å². The Bertz CT molecular complexity index is 1130. The predicted octanol–water partition coefficient (Wildman–Crippen LogP) is 5.27. The second-order valence-electron chi connectivity index (χ2n) is 8.83. The van der Waals surface area contributed by atoms with Gasteiger partial charge in [0.1, 0.15) is 17.3 Å². The molecule has 31 heavy (non-hydrogen) atoms. The van der Waals surface area contributed by atoms with Gasteiger partial charge in [0, 0.05) is 47.3 Å². The summed E-state index contributed by atoms with van der Waals surface area (Å²) in [7, 11) is 0. The van der Waals surface area contributed by atoms with Gasteiger partial charge in [-0.2, -0.15) is 0 Å². The lowest BCUT2D eigenvalue weighted by Gasteiger charge is -2.26. The quantitative estimate of drug-likeness (QED) is 0.628. The molecule has 5 nitrogen and oxygen atoms in total. The number of nitrogens with one attached hydrogen (secondary N) is 1. The summed E-state index contributed by atoms with van der Waals surface area (Å²) in [6, 6.07) is 15.2. The molecule has 0 unspecified atom stereocenters. The van der Waals surface area contributed by atoms with Gasteiger partial charge in [0.25, 0.3) is 5.91 Å². The van der Waals surface area contributed by atoms with Crippen LogP contribution < -0.4 is 5.32 Å². The smallest absolute Gasteiger partial charge is 0.254 e. The van der Waals surface area contributed by atoms with Crippen molar-refractivity contribution >= 4 is 17.5 Å². The third-order valence-electron chi connectivity index (χ3n) is 5.33. The highest BCUT2D eigenvalue weighted by molar-refractivity contribution is 5.95. The summed E-state index contributed by atoms with van der Waals surface area (Å²) in [5.41, 5.74) is 2.46. The molecule has 0 saturated carbocycles. The van der Waals surface area contributed by atoms with Crippen molar-refractivity contribution in [2.75, 3.05) is 11.9 Å². The van der Waals surface area contributed by atoms with Crippen molar-refractivity contribution in [2.24, 2.45) is 5.41 Å². The average Bonchev–Trinajstić information content (AvgIpc) is 3.16. The summed E-state index contributed by atoms with van der Waals surface area (Å²) in [6.07, 6.45) is 0.607. The summed E-state index contributed by atoms with van der Waals surface area (Å²) in [5, 5.41) is 2.91. The van der Waals surface area contributed by atoms with E-state index >= 15 is 0 Å². The molecule has 0 spiro atoms. The molecule has 2 aromatic carbocycles. The van der Waals surface area contributed by atoms with Gasteiger partial charge in [-0.15, -0.1) is 0 Å². The molecular formula is C25H25FN2O3. The third kappa shape index (κ3) is 4.53. The molecule has 2 amide bonds. The highest BCUT2D eigenvalue weighted by Gasteiger charge is 2.25. The number of benzene rings is 2. The fourth-order valence-electron chi connectivity index (χ4n) is 3.49. The number of nitrogens with zero attached hydrogens (tertiary/aromatic N) is 1. The number of amides is 2. The Balaban J connectivity index is 1.48. The summed E-state index contributed by atoms with van der Waals surface area (Å²) in [6.45, 7) is 6.55. The Labute approximate surface area is 180 Å². The average molecular weight is 420 g/mol. The van der Waals surface area contributed by atoms with E-state index in [-0.39, 0.29) is 11.8 Å². The van der Waals surface area contributed by atoms with Crippen LogP contribution in [0.1, 0.15) is 42.5 Å². The lowest BCUT2D eigenvalue weighted by molar-refractivity contribution is -0.123. The maximum atomic E-state index is 13.5. The molecule has 2 heterocycles. The van der Waals surface area contributed by atoms with Crippen LogP contribution >= 0.6 is 0 Å². The topological polar surface area (TPSA) is 62.6 Å². The normalized spacial score (nSPS) is 13.6. The molecule has 1 aromatic heterocycles. The van der Waals surface area contributed by atoms with E-state index in [1.165, 1.54) is 12.1 Å². The highest BCUT2D eigenvalue weighted by Crippen LogP contribution is 2.31. The monoisotopic (exact) mass is 420 g/mol. The fraction of sp³-hybridized carbons (Fsp3) is 0.280. The van der Waals surface area contributed by atoms with Gasteiger partial charge in [-0.1, -0.05) is 26.8 Å². The van der Waals surface area contributed by atoms with E-state index in [2.05, 4.69) is 5.32 Å². The first-order chi connectivity index (χ1) is 14.7. The Hall–Kier alpha value is -3.41. The molecule has 6 heteroatoms. The maximum Gasteiger partial charge on any atom is 0.254 e. The minimum absolute atomic E-state index is 0.0447. The van der Waals surface area contributed by atoms with Crippen molar-refractivity contribution in [3.63, 3.8) is 0 Å². The van der Waals surface area contributed by atoms with E-state index in [0.29, 0.717) is 25.1 Å². The van der Waals surface area contributed by atoms with Crippen molar-refractivity contribution in [1.29, 1.82) is 0 Å². The van der Waals surface area contributed by atoms with Crippen molar-refractivity contribution in [3.8, 4) is 11.3 Å². The van der Waals surface area contributed by atoms with Gasteiger partial charge < -0.3 is 14.6 Å². The largest absolute Gasteiger partial charge is 0.461 e.